The molecule has 1 aromatic rings. The second-order valence-electron chi connectivity index (χ2n) is 7.39. The molecule has 0 unspecified atom stereocenters. The second kappa shape index (κ2) is 12.1. The second-order valence-corrected chi connectivity index (χ2v) is 7.39. The number of carbonyl (C=O) groups excluding carboxylic acids is 1. The Kier molecular flexibility index (Phi) is 11.4. The van der Waals surface area contributed by atoms with E-state index in [0.717, 1.165) is 31.9 Å². The van der Waals surface area contributed by atoms with Crippen molar-refractivity contribution in [2.24, 2.45) is 4.99 Å². The first-order valence-electron chi connectivity index (χ1n) is 9.30. The van der Waals surface area contributed by atoms with Gasteiger partial charge in [0.2, 0.25) is 0 Å². The Labute approximate surface area is 180 Å². The van der Waals surface area contributed by atoms with Crippen molar-refractivity contribution >= 4 is 36.0 Å². The minimum absolute atomic E-state index is 0. The molecule has 0 fully saturated rings. The maximum absolute atomic E-state index is 12.2. The molecule has 0 saturated heterocycles. The molecule has 0 aliphatic rings. The minimum atomic E-state index is -0.513. The molecule has 8 heteroatoms. The Hall–Kier alpha value is -1.45. The lowest BCUT2D eigenvalue weighted by Gasteiger charge is -2.34. The fourth-order valence-electron chi connectivity index (χ4n) is 2.54. The van der Waals surface area contributed by atoms with Gasteiger partial charge in [-0.05, 0) is 45.7 Å². The third-order valence-corrected chi connectivity index (χ3v) is 4.27. The summed E-state index contributed by atoms with van der Waals surface area (Å²) < 4.78 is 7.51. The molecule has 0 radical (unpaired) electrons. The standard InChI is InChI=1S/C19H35N5O2.HI/c1-7-19(8-2,23-17(25)26-18(3,4)5)15-22-16(20-6)21-11-14-24-12-9-10-13-24;/h9-10,12-13H,7-8,11,14-15H2,1-6H3,(H,23,25)(H2,20,21,22);1H. The predicted molar refractivity (Wildman–Crippen MR) is 122 cm³/mol. The summed E-state index contributed by atoms with van der Waals surface area (Å²) in [5.74, 6) is 0.717. The first-order valence-corrected chi connectivity index (χ1v) is 9.30. The zero-order valence-corrected chi connectivity index (χ0v) is 19.8. The van der Waals surface area contributed by atoms with Crippen LogP contribution in [-0.2, 0) is 11.3 Å². The molecular formula is C19H36IN5O2. The van der Waals surface area contributed by atoms with Gasteiger partial charge in [0.1, 0.15) is 5.60 Å². The Morgan fingerprint density at radius 1 is 1.11 bits per heavy atom. The van der Waals surface area contributed by atoms with Gasteiger partial charge in [0.05, 0.1) is 5.54 Å². The average Bonchev–Trinajstić information content (AvgIpc) is 3.08. The third kappa shape index (κ3) is 9.88. The van der Waals surface area contributed by atoms with Crippen LogP contribution in [-0.4, -0.2) is 47.9 Å². The number of ether oxygens (including phenoxy) is 1. The molecule has 1 heterocycles. The van der Waals surface area contributed by atoms with Crippen LogP contribution in [0, 0.1) is 0 Å². The number of aromatic nitrogens is 1. The van der Waals surface area contributed by atoms with Crippen molar-refractivity contribution < 1.29 is 9.53 Å². The van der Waals surface area contributed by atoms with E-state index in [1.54, 1.807) is 7.05 Å². The highest BCUT2D eigenvalue weighted by atomic mass is 127. The topological polar surface area (TPSA) is 79.7 Å². The number of rotatable bonds is 8. The Balaban J connectivity index is 0.00000676. The van der Waals surface area contributed by atoms with E-state index in [2.05, 4.69) is 39.4 Å². The summed E-state index contributed by atoms with van der Waals surface area (Å²) in [7, 11) is 1.74. The first kappa shape index (κ1) is 25.6. The molecule has 0 aliphatic carbocycles. The van der Waals surface area contributed by atoms with Crippen molar-refractivity contribution in [3.05, 3.63) is 24.5 Å². The van der Waals surface area contributed by atoms with Gasteiger partial charge >= 0.3 is 6.09 Å². The molecule has 27 heavy (non-hydrogen) atoms. The summed E-state index contributed by atoms with van der Waals surface area (Å²) in [6, 6.07) is 4.01. The highest BCUT2D eigenvalue weighted by Crippen LogP contribution is 2.16. The van der Waals surface area contributed by atoms with Crippen LogP contribution in [0.5, 0.6) is 0 Å². The van der Waals surface area contributed by atoms with Gasteiger partial charge in [-0.15, -0.1) is 24.0 Å². The van der Waals surface area contributed by atoms with Gasteiger partial charge in [-0.1, -0.05) is 13.8 Å². The van der Waals surface area contributed by atoms with Crippen LogP contribution >= 0.6 is 24.0 Å². The minimum Gasteiger partial charge on any atom is -0.444 e. The van der Waals surface area contributed by atoms with Crippen LogP contribution in [0.15, 0.2) is 29.5 Å². The van der Waals surface area contributed by atoms with Crippen molar-refractivity contribution in [1.82, 2.24) is 20.5 Å². The van der Waals surface area contributed by atoms with Gasteiger partial charge in [0.25, 0.3) is 0 Å². The number of nitrogens with one attached hydrogen (secondary N) is 3. The number of hydrogen-bond acceptors (Lipinski definition) is 3. The molecule has 3 N–H and O–H groups in total. The van der Waals surface area contributed by atoms with Crippen LogP contribution in [0.25, 0.3) is 0 Å². The molecule has 0 spiro atoms. The molecule has 0 saturated carbocycles. The molecule has 156 valence electrons. The molecule has 1 rings (SSSR count). The molecule has 0 atom stereocenters. The zero-order valence-electron chi connectivity index (χ0n) is 17.5. The maximum Gasteiger partial charge on any atom is 0.408 e. The van der Waals surface area contributed by atoms with Crippen molar-refractivity contribution in [3.8, 4) is 0 Å². The summed E-state index contributed by atoms with van der Waals surface area (Å²) in [6.45, 7) is 11.9. The van der Waals surface area contributed by atoms with E-state index in [9.17, 15) is 4.79 Å². The normalized spacial score (nSPS) is 12.1. The molecule has 1 amide bonds. The number of aliphatic imine (C=N–C) groups is 1. The van der Waals surface area contributed by atoms with Crippen molar-refractivity contribution in [1.29, 1.82) is 0 Å². The fourth-order valence-corrected chi connectivity index (χ4v) is 2.54. The van der Waals surface area contributed by atoms with Crippen LogP contribution < -0.4 is 16.0 Å². The molecule has 0 aliphatic heterocycles. The first-order chi connectivity index (χ1) is 12.2. The lowest BCUT2D eigenvalue weighted by Crippen LogP contribution is -2.57. The maximum atomic E-state index is 12.2. The summed E-state index contributed by atoms with van der Waals surface area (Å²) >= 11 is 0. The van der Waals surface area contributed by atoms with Gasteiger partial charge in [-0.2, -0.15) is 0 Å². The van der Waals surface area contributed by atoms with Crippen LogP contribution in [0.1, 0.15) is 47.5 Å². The van der Waals surface area contributed by atoms with E-state index in [-0.39, 0.29) is 29.5 Å². The van der Waals surface area contributed by atoms with E-state index in [1.807, 2.05) is 45.3 Å². The number of carbonyl (C=O) groups is 1. The van der Waals surface area contributed by atoms with Gasteiger partial charge in [-0.25, -0.2) is 4.79 Å². The highest BCUT2D eigenvalue weighted by Gasteiger charge is 2.30. The average molecular weight is 493 g/mol. The van der Waals surface area contributed by atoms with Gasteiger partial charge in [0.15, 0.2) is 5.96 Å². The zero-order chi connectivity index (χ0) is 19.6. The van der Waals surface area contributed by atoms with Crippen molar-refractivity contribution in [2.45, 2.75) is 65.1 Å². The van der Waals surface area contributed by atoms with Gasteiger partial charge in [-0.3, -0.25) is 4.99 Å². The SMILES string of the molecule is CCC(CC)(CNC(=NC)NCCn1cccc1)NC(=O)OC(C)(C)C.I. The Bertz CT molecular complexity index is 563. The van der Waals surface area contributed by atoms with Crippen molar-refractivity contribution in [2.75, 3.05) is 20.1 Å². The monoisotopic (exact) mass is 493 g/mol. The van der Waals surface area contributed by atoms with E-state index in [0.29, 0.717) is 6.54 Å². The molecule has 0 aromatic carbocycles. The summed E-state index contributed by atoms with van der Waals surface area (Å²) in [6.07, 6.45) is 5.24. The number of hydrogen-bond donors (Lipinski definition) is 3. The van der Waals surface area contributed by atoms with E-state index >= 15 is 0 Å². The quantitative estimate of drug-likeness (QED) is 0.295. The lowest BCUT2D eigenvalue weighted by molar-refractivity contribution is 0.0448. The number of nitrogens with zero attached hydrogens (tertiary/aromatic N) is 2. The van der Waals surface area contributed by atoms with E-state index in [1.165, 1.54) is 0 Å². The predicted octanol–water partition coefficient (Wildman–Crippen LogP) is 3.35. The third-order valence-electron chi connectivity index (χ3n) is 4.27. The van der Waals surface area contributed by atoms with E-state index in [4.69, 9.17) is 4.74 Å². The number of alkyl carbamates (subject to hydrolysis) is 1. The van der Waals surface area contributed by atoms with E-state index < -0.39 is 11.7 Å². The summed E-state index contributed by atoms with van der Waals surface area (Å²) in [4.78, 5) is 16.5. The van der Waals surface area contributed by atoms with Crippen LogP contribution in [0.3, 0.4) is 0 Å². The lowest BCUT2D eigenvalue weighted by atomic mass is 9.93. The molecule has 0 bridgehead atoms. The van der Waals surface area contributed by atoms with Gasteiger partial charge < -0.3 is 25.3 Å². The molecule has 7 nitrogen and oxygen atoms in total. The van der Waals surface area contributed by atoms with Crippen LogP contribution in [0.4, 0.5) is 4.79 Å². The van der Waals surface area contributed by atoms with Gasteiger partial charge in [0, 0.05) is 39.1 Å². The number of guanidine groups is 1. The molecule has 1 aromatic heterocycles. The Morgan fingerprint density at radius 3 is 2.19 bits per heavy atom. The van der Waals surface area contributed by atoms with Crippen molar-refractivity contribution in [3.63, 3.8) is 0 Å². The summed E-state index contributed by atoms with van der Waals surface area (Å²) in [5.41, 5.74) is -0.902. The fraction of sp³-hybridized carbons (Fsp3) is 0.684. The Morgan fingerprint density at radius 2 is 1.70 bits per heavy atom. The molecular weight excluding hydrogens is 457 g/mol. The summed E-state index contributed by atoms with van der Waals surface area (Å²) in [5, 5.41) is 9.65. The van der Waals surface area contributed by atoms with Crippen LogP contribution in [0.2, 0.25) is 0 Å². The highest BCUT2D eigenvalue weighted by molar-refractivity contribution is 14.0. The number of amides is 1. The largest absolute Gasteiger partial charge is 0.444 e. The number of halogens is 1. The smallest absolute Gasteiger partial charge is 0.408 e.